The molecule has 0 atom stereocenters. The van der Waals surface area contributed by atoms with Crippen LogP contribution in [0.25, 0.3) is 110 Å². The first-order valence-corrected chi connectivity index (χ1v) is 18.5. The molecule has 3 heterocycles. The first kappa shape index (κ1) is 29.4. The van der Waals surface area contributed by atoms with Crippen LogP contribution in [0.4, 0.5) is 0 Å². The van der Waals surface area contributed by atoms with Gasteiger partial charge < -0.3 is 9.13 Å². The SMILES string of the molecule is c1ccc(-c2cccc(-n3c4ccccc4c4cc(-c5ccc6c(c5)c5ccccc5n6-c5ccc6c7c(ccnc57)-c5ccccc5-6)ccc43)c2)cc1. The Bertz CT molecular complexity index is 3300. The van der Waals surface area contributed by atoms with Crippen LogP contribution in [0.1, 0.15) is 0 Å². The van der Waals surface area contributed by atoms with Crippen molar-refractivity contribution in [2.75, 3.05) is 0 Å². The minimum Gasteiger partial charge on any atom is -0.309 e. The molecule has 54 heavy (non-hydrogen) atoms. The zero-order valence-electron chi connectivity index (χ0n) is 29.2. The van der Waals surface area contributed by atoms with Crippen LogP contribution in [0.3, 0.4) is 0 Å². The molecule has 3 nitrogen and oxygen atoms in total. The molecule has 1 aliphatic carbocycles. The molecule has 0 spiro atoms. The Morgan fingerprint density at radius 3 is 1.61 bits per heavy atom. The van der Waals surface area contributed by atoms with Crippen LogP contribution in [0.5, 0.6) is 0 Å². The Labute approximate surface area is 311 Å². The molecule has 8 aromatic carbocycles. The van der Waals surface area contributed by atoms with Gasteiger partial charge >= 0.3 is 0 Å². The van der Waals surface area contributed by atoms with Gasteiger partial charge in [-0.05, 0) is 105 Å². The largest absolute Gasteiger partial charge is 0.309 e. The van der Waals surface area contributed by atoms with Gasteiger partial charge in [-0.15, -0.1) is 0 Å². The zero-order valence-corrected chi connectivity index (χ0v) is 29.2. The molecule has 3 heteroatoms. The Balaban J connectivity index is 1.03. The van der Waals surface area contributed by atoms with Crippen LogP contribution < -0.4 is 0 Å². The minimum absolute atomic E-state index is 1.03. The highest BCUT2D eigenvalue weighted by Crippen LogP contribution is 2.48. The first-order valence-electron chi connectivity index (χ1n) is 18.5. The molecule has 0 bridgehead atoms. The molecular weight excluding hydrogens is 655 g/mol. The normalized spacial score (nSPS) is 12.1. The number of hydrogen-bond donors (Lipinski definition) is 0. The molecule has 0 radical (unpaired) electrons. The highest BCUT2D eigenvalue weighted by Gasteiger charge is 2.24. The Hall–Kier alpha value is -7.23. The van der Waals surface area contributed by atoms with Gasteiger partial charge in [0.25, 0.3) is 0 Å². The van der Waals surface area contributed by atoms with Gasteiger partial charge in [0.2, 0.25) is 0 Å². The Morgan fingerprint density at radius 1 is 0.333 bits per heavy atom. The second kappa shape index (κ2) is 11.1. The lowest BCUT2D eigenvalue weighted by Gasteiger charge is -2.13. The van der Waals surface area contributed by atoms with Crippen LogP contribution in [0.2, 0.25) is 0 Å². The van der Waals surface area contributed by atoms with Gasteiger partial charge in [0.05, 0.1) is 33.3 Å². The van der Waals surface area contributed by atoms with E-state index in [1.54, 1.807) is 0 Å². The average molecular weight is 686 g/mol. The lowest BCUT2D eigenvalue weighted by Crippen LogP contribution is -1.97. The van der Waals surface area contributed by atoms with Gasteiger partial charge in [0, 0.05) is 38.8 Å². The molecule has 0 unspecified atom stereocenters. The summed E-state index contributed by atoms with van der Waals surface area (Å²) in [6.45, 7) is 0. The fraction of sp³-hybridized carbons (Fsp3) is 0. The quantitative estimate of drug-likeness (QED) is 0.181. The fourth-order valence-electron chi connectivity index (χ4n) is 9.13. The summed E-state index contributed by atoms with van der Waals surface area (Å²) in [7, 11) is 0. The molecule has 11 aromatic rings. The van der Waals surface area contributed by atoms with E-state index in [-0.39, 0.29) is 0 Å². The summed E-state index contributed by atoms with van der Waals surface area (Å²) < 4.78 is 4.82. The number of fused-ring (bicyclic) bond motifs is 9. The second-order valence-corrected chi connectivity index (χ2v) is 14.3. The molecule has 0 aliphatic heterocycles. The van der Waals surface area contributed by atoms with E-state index in [0.29, 0.717) is 0 Å². The topological polar surface area (TPSA) is 22.8 Å². The van der Waals surface area contributed by atoms with Crippen LogP contribution in [-0.4, -0.2) is 14.1 Å². The molecule has 0 fully saturated rings. The van der Waals surface area contributed by atoms with Crippen molar-refractivity contribution in [3.8, 4) is 55.9 Å². The highest BCUT2D eigenvalue weighted by molar-refractivity contribution is 6.18. The Morgan fingerprint density at radius 2 is 0.889 bits per heavy atom. The number of hydrogen-bond acceptors (Lipinski definition) is 1. The van der Waals surface area contributed by atoms with E-state index < -0.39 is 0 Å². The third kappa shape index (κ3) is 4.09. The van der Waals surface area contributed by atoms with Crippen LogP contribution in [0, 0.1) is 0 Å². The van der Waals surface area contributed by atoms with E-state index in [1.165, 1.54) is 93.5 Å². The Kier molecular flexibility index (Phi) is 6.05. The van der Waals surface area contributed by atoms with Crippen molar-refractivity contribution in [2.24, 2.45) is 0 Å². The number of benzene rings is 8. The summed E-state index contributed by atoms with van der Waals surface area (Å²) in [4.78, 5) is 5.04. The van der Waals surface area contributed by atoms with E-state index in [2.05, 4.69) is 191 Å². The fourth-order valence-corrected chi connectivity index (χ4v) is 9.13. The monoisotopic (exact) mass is 685 g/mol. The number of rotatable bonds is 4. The van der Waals surface area contributed by atoms with Gasteiger partial charge in [-0.1, -0.05) is 121 Å². The zero-order chi connectivity index (χ0) is 35.3. The summed E-state index contributed by atoms with van der Waals surface area (Å²) in [5.41, 5.74) is 18.0. The number of aromatic nitrogens is 3. The summed E-state index contributed by atoms with van der Waals surface area (Å²) in [5.74, 6) is 0. The molecule has 0 amide bonds. The maximum atomic E-state index is 5.04. The van der Waals surface area contributed by atoms with Crippen molar-refractivity contribution in [1.82, 2.24) is 14.1 Å². The second-order valence-electron chi connectivity index (χ2n) is 14.3. The predicted molar refractivity (Wildman–Crippen MR) is 226 cm³/mol. The smallest absolute Gasteiger partial charge is 0.0954 e. The van der Waals surface area contributed by atoms with Crippen LogP contribution in [0.15, 0.2) is 188 Å². The van der Waals surface area contributed by atoms with Gasteiger partial charge in [0.15, 0.2) is 0 Å². The van der Waals surface area contributed by atoms with Crippen LogP contribution >= 0.6 is 0 Å². The lowest BCUT2D eigenvalue weighted by molar-refractivity contribution is 1.18. The minimum atomic E-state index is 1.03. The van der Waals surface area contributed by atoms with Gasteiger partial charge in [-0.2, -0.15) is 0 Å². The van der Waals surface area contributed by atoms with E-state index in [9.17, 15) is 0 Å². The maximum absolute atomic E-state index is 5.04. The van der Waals surface area contributed by atoms with E-state index in [1.807, 2.05) is 6.20 Å². The molecule has 0 saturated carbocycles. The van der Waals surface area contributed by atoms with Crippen molar-refractivity contribution < 1.29 is 0 Å². The van der Waals surface area contributed by atoms with Crippen LogP contribution in [-0.2, 0) is 0 Å². The lowest BCUT2D eigenvalue weighted by atomic mass is 10.0. The van der Waals surface area contributed by atoms with Crippen molar-refractivity contribution in [2.45, 2.75) is 0 Å². The van der Waals surface area contributed by atoms with Crippen molar-refractivity contribution >= 4 is 54.5 Å². The highest BCUT2D eigenvalue weighted by atomic mass is 15.0. The molecule has 3 aromatic heterocycles. The summed E-state index contributed by atoms with van der Waals surface area (Å²) in [5, 5.41) is 6.19. The maximum Gasteiger partial charge on any atom is 0.0954 e. The number of nitrogens with zero attached hydrogens (tertiary/aromatic N) is 3. The van der Waals surface area contributed by atoms with Crippen molar-refractivity contribution in [3.63, 3.8) is 0 Å². The van der Waals surface area contributed by atoms with Gasteiger partial charge in [-0.3, -0.25) is 4.98 Å². The van der Waals surface area contributed by atoms with Gasteiger partial charge in [0.1, 0.15) is 0 Å². The molecule has 250 valence electrons. The molecular formula is C51H31N3. The van der Waals surface area contributed by atoms with E-state index >= 15 is 0 Å². The molecule has 12 rings (SSSR count). The van der Waals surface area contributed by atoms with E-state index in [0.717, 1.165) is 16.9 Å². The molecule has 0 saturated heterocycles. The predicted octanol–water partition coefficient (Wildman–Crippen LogP) is 13.4. The van der Waals surface area contributed by atoms with Crippen molar-refractivity contribution in [3.05, 3.63) is 188 Å². The van der Waals surface area contributed by atoms with Gasteiger partial charge in [-0.25, -0.2) is 0 Å². The molecule has 0 N–H and O–H groups in total. The van der Waals surface area contributed by atoms with E-state index in [4.69, 9.17) is 4.98 Å². The third-order valence-electron chi connectivity index (χ3n) is 11.5. The molecule has 1 aliphatic rings. The average Bonchev–Trinajstić information content (AvgIpc) is 3.87. The first-order chi connectivity index (χ1) is 26.8. The summed E-state index contributed by atoms with van der Waals surface area (Å²) in [6.07, 6.45) is 1.96. The summed E-state index contributed by atoms with van der Waals surface area (Å²) >= 11 is 0. The third-order valence-corrected chi connectivity index (χ3v) is 11.5. The number of pyridine rings is 1. The van der Waals surface area contributed by atoms with Crippen molar-refractivity contribution in [1.29, 1.82) is 0 Å². The number of para-hydroxylation sites is 2. The standard InChI is InChI=1S/C51H31N3/c1-2-11-32(12-3-1)33-13-10-14-36(29-33)53-45-19-8-6-17-39(45)43-30-34(21-24-47(43)53)35-22-25-48-44(31-35)40-18-7-9-20-46(40)54(48)49-26-23-41-37-15-4-5-16-38(37)42-27-28-52-51(49)50(41)42/h1-31H. The summed E-state index contributed by atoms with van der Waals surface area (Å²) in [6, 6.07) is 66.4.